The first-order chi connectivity index (χ1) is 18.6. The number of ether oxygens (including phenoxy) is 3. The maximum absolute atomic E-state index is 13.0. The summed E-state index contributed by atoms with van der Waals surface area (Å²) in [6.45, 7) is 11.1. The minimum absolute atomic E-state index is 0.0510. The number of para-hydroxylation sites is 1. The number of nitrogens with two attached hydrogens (primary N) is 1. The van der Waals surface area contributed by atoms with Crippen molar-refractivity contribution in [3.8, 4) is 5.75 Å². The predicted octanol–water partition coefficient (Wildman–Crippen LogP) is 3.14. The van der Waals surface area contributed by atoms with Crippen molar-refractivity contribution < 1.29 is 28.9 Å². The van der Waals surface area contributed by atoms with Gasteiger partial charge >= 0.3 is 0 Å². The largest absolute Gasteiger partial charge is 0.493 e. The number of carbonyl (C=O) groups excluding carboxylic acids is 2. The number of hydrogen-bond donors (Lipinski definition) is 4. The number of unbranched alkanes of at least 4 members (excludes halogenated alkanes) is 1. The minimum atomic E-state index is -0.886. The third-order valence-corrected chi connectivity index (χ3v) is 7.97. The number of carbonyl (C=O) groups is 2. The van der Waals surface area contributed by atoms with Gasteiger partial charge in [-0.25, -0.2) is 0 Å². The summed E-state index contributed by atoms with van der Waals surface area (Å²) < 4.78 is 16.3. The van der Waals surface area contributed by atoms with Gasteiger partial charge in [0.25, 0.3) is 5.91 Å². The molecule has 0 aromatic heterocycles. The Hall–Kier alpha value is -2.20. The van der Waals surface area contributed by atoms with Crippen LogP contribution >= 0.6 is 0 Å². The van der Waals surface area contributed by atoms with Crippen molar-refractivity contribution in [2.75, 3.05) is 46.6 Å². The van der Waals surface area contributed by atoms with Crippen molar-refractivity contribution in [3.05, 3.63) is 29.8 Å². The Labute approximate surface area is 234 Å². The van der Waals surface area contributed by atoms with Gasteiger partial charge < -0.3 is 35.7 Å². The zero-order valence-corrected chi connectivity index (χ0v) is 24.5. The third kappa shape index (κ3) is 10.7. The molecule has 0 radical (unpaired) electrons. The van der Waals surface area contributed by atoms with E-state index in [1.54, 1.807) is 19.2 Å². The number of aliphatic hydroxyl groups is 1. The number of hydrogen-bond acceptors (Lipinski definition) is 7. The lowest BCUT2D eigenvalue weighted by atomic mass is 9.74. The molecule has 9 heteroatoms. The number of aliphatic hydroxyl groups excluding tert-OH is 1. The summed E-state index contributed by atoms with van der Waals surface area (Å²) in [5, 5.41) is 16.7. The van der Waals surface area contributed by atoms with Gasteiger partial charge in [-0.05, 0) is 62.0 Å². The van der Waals surface area contributed by atoms with Gasteiger partial charge in [-0.15, -0.1) is 0 Å². The number of amides is 2. The molecule has 1 heterocycles. The maximum Gasteiger partial charge on any atom is 0.255 e. The average Bonchev–Trinajstić information content (AvgIpc) is 2.93. The molecule has 0 spiro atoms. The van der Waals surface area contributed by atoms with Gasteiger partial charge in [0, 0.05) is 51.5 Å². The highest BCUT2D eigenvalue weighted by Gasteiger charge is 2.37. The van der Waals surface area contributed by atoms with Crippen molar-refractivity contribution in [1.29, 1.82) is 0 Å². The van der Waals surface area contributed by atoms with E-state index in [1.165, 1.54) is 0 Å². The molecule has 0 aliphatic carbocycles. The summed E-state index contributed by atoms with van der Waals surface area (Å²) in [6.07, 6.45) is 3.07. The van der Waals surface area contributed by atoms with E-state index in [-0.39, 0.29) is 36.1 Å². The van der Waals surface area contributed by atoms with Crippen molar-refractivity contribution in [3.63, 3.8) is 0 Å². The number of rotatable bonds is 17. The summed E-state index contributed by atoms with van der Waals surface area (Å²) >= 11 is 0. The van der Waals surface area contributed by atoms with Crippen molar-refractivity contribution >= 4 is 11.8 Å². The average molecular weight is 550 g/mol. The third-order valence-electron chi connectivity index (χ3n) is 7.97. The number of methoxy groups -OCH3 is 1. The van der Waals surface area contributed by atoms with E-state index >= 15 is 0 Å². The second-order valence-corrected chi connectivity index (χ2v) is 11.5. The van der Waals surface area contributed by atoms with E-state index in [0.29, 0.717) is 50.7 Å². The second-order valence-electron chi connectivity index (χ2n) is 11.5. The van der Waals surface area contributed by atoms with Crippen LogP contribution in [0, 0.1) is 23.2 Å². The molecule has 5 N–H and O–H groups in total. The molecule has 1 fully saturated rings. The molecule has 1 aromatic carbocycles. The predicted molar refractivity (Wildman–Crippen MR) is 153 cm³/mol. The van der Waals surface area contributed by atoms with Gasteiger partial charge in [-0.2, -0.15) is 0 Å². The van der Waals surface area contributed by atoms with Crippen LogP contribution in [0.15, 0.2) is 24.3 Å². The number of benzene rings is 1. The SMILES string of the molecule is COCCCCOc1ccccc1C(=O)NCC(CC(N)C(O)CNC(=O)C(C)(C)C1CCOCC1)C(C)C. The van der Waals surface area contributed by atoms with E-state index in [4.69, 9.17) is 19.9 Å². The van der Waals surface area contributed by atoms with E-state index in [9.17, 15) is 14.7 Å². The van der Waals surface area contributed by atoms with Gasteiger partial charge in [-0.3, -0.25) is 9.59 Å². The van der Waals surface area contributed by atoms with Crippen LogP contribution in [0.1, 0.15) is 70.2 Å². The van der Waals surface area contributed by atoms with E-state index in [0.717, 1.165) is 25.7 Å². The molecule has 222 valence electrons. The fraction of sp³-hybridized carbons (Fsp3) is 0.733. The van der Waals surface area contributed by atoms with E-state index in [2.05, 4.69) is 24.5 Å². The second kappa shape index (κ2) is 16.8. The summed E-state index contributed by atoms with van der Waals surface area (Å²) in [4.78, 5) is 25.9. The highest BCUT2D eigenvalue weighted by molar-refractivity contribution is 5.96. The Morgan fingerprint density at radius 3 is 2.44 bits per heavy atom. The van der Waals surface area contributed by atoms with Gasteiger partial charge in [0.2, 0.25) is 5.91 Å². The Balaban J connectivity index is 1.85. The molecule has 2 amide bonds. The molecule has 1 aromatic rings. The van der Waals surface area contributed by atoms with Crippen LogP contribution in [0.5, 0.6) is 5.75 Å². The molecule has 39 heavy (non-hydrogen) atoms. The van der Waals surface area contributed by atoms with Crippen LogP contribution in [0.3, 0.4) is 0 Å². The monoisotopic (exact) mass is 549 g/mol. The minimum Gasteiger partial charge on any atom is -0.493 e. The first-order valence-corrected chi connectivity index (χ1v) is 14.4. The van der Waals surface area contributed by atoms with Gasteiger partial charge in [0.15, 0.2) is 0 Å². The molecule has 1 aliphatic heterocycles. The van der Waals surface area contributed by atoms with Crippen LogP contribution in [-0.4, -0.2) is 75.7 Å². The van der Waals surface area contributed by atoms with Crippen LogP contribution in [-0.2, 0) is 14.3 Å². The molecule has 1 saturated heterocycles. The standard InChI is InChI=1S/C30H51N3O6/c1-21(2)22(19-32-28(35)24-10-6-7-11-27(24)39-15-9-8-14-37-5)18-25(31)26(34)20-33-29(36)30(3,4)23-12-16-38-17-13-23/h6-7,10-11,21-23,25-26,34H,8-9,12-20,31H2,1-5H3,(H,32,35)(H,33,36). The van der Waals surface area contributed by atoms with Crippen LogP contribution in [0.2, 0.25) is 0 Å². The molecule has 3 unspecified atom stereocenters. The molecule has 0 bridgehead atoms. The van der Waals surface area contributed by atoms with Gasteiger partial charge in [0.05, 0.1) is 18.3 Å². The molecule has 1 aliphatic rings. The summed E-state index contributed by atoms with van der Waals surface area (Å²) in [6, 6.07) is 6.68. The fourth-order valence-electron chi connectivity index (χ4n) is 4.91. The summed E-state index contributed by atoms with van der Waals surface area (Å²) in [5.41, 5.74) is 6.32. The lowest BCUT2D eigenvalue weighted by Gasteiger charge is -2.36. The lowest BCUT2D eigenvalue weighted by Crippen LogP contribution is -2.50. The Bertz CT molecular complexity index is 872. The molecule has 9 nitrogen and oxygen atoms in total. The first kappa shape index (κ1) is 33.0. The van der Waals surface area contributed by atoms with Crippen LogP contribution < -0.4 is 21.1 Å². The first-order valence-electron chi connectivity index (χ1n) is 14.4. The fourth-order valence-corrected chi connectivity index (χ4v) is 4.91. The molecule has 3 atom stereocenters. The number of nitrogens with one attached hydrogen (secondary N) is 2. The summed E-state index contributed by atoms with van der Waals surface area (Å²) in [7, 11) is 1.67. The molecular weight excluding hydrogens is 498 g/mol. The highest BCUT2D eigenvalue weighted by atomic mass is 16.5. The van der Waals surface area contributed by atoms with Crippen LogP contribution in [0.4, 0.5) is 0 Å². The zero-order chi connectivity index (χ0) is 28.8. The van der Waals surface area contributed by atoms with Gasteiger partial charge in [-0.1, -0.05) is 39.8 Å². The Morgan fingerprint density at radius 2 is 1.77 bits per heavy atom. The smallest absolute Gasteiger partial charge is 0.255 e. The van der Waals surface area contributed by atoms with Crippen LogP contribution in [0.25, 0.3) is 0 Å². The van der Waals surface area contributed by atoms with Gasteiger partial charge in [0.1, 0.15) is 5.75 Å². The van der Waals surface area contributed by atoms with Crippen molar-refractivity contribution in [2.24, 2.45) is 28.9 Å². The quantitative estimate of drug-likeness (QED) is 0.220. The maximum atomic E-state index is 13.0. The molecular formula is C30H51N3O6. The van der Waals surface area contributed by atoms with Crippen molar-refractivity contribution in [1.82, 2.24) is 10.6 Å². The lowest BCUT2D eigenvalue weighted by molar-refractivity contribution is -0.134. The highest BCUT2D eigenvalue weighted by Crippen LogP contribution is 2.34. The van der Waals surface area contributed by atoms with E-state index < -0.39 is 17.6 Å². The normalized spacial score (nSPS) is 16.9. The van der Waals surface area contributed by atoms with Crippen molar-refractivity contribution in [2.45, 2.75) is 71.9 Å². The topological polar surface area (TPSA) is 132 Å². The molecule has 0 saturated carbocycles. The molecule has 2 rings (SSSR count). The summed E-state index contributed by atoms with van der Waals surface area (Å²) in [5.74, 6) is 0.808. The Morgan fingerprint density at radius 1 is 1.10 bits per heavy atom. The van der Waals surface area contributed by atoms with E-state index in [1.807, 2.05) is 26.0 Å². The zero-order valence-electron chi connectivity index (χ0n) is 24.5. The Kier molecular flexibility index (Phi) is 14.2.